The molecule has 0 atom stereocenters. The van der Waals surface area contributed by atoms with Crippen LogP contribution in [0.1, 0.15) is 16.6 Å². The summed E-state index contributed by atoms with van der Waals surface area (Å²) in [5.74, 6) is 0.846. The first-order valence-electron chi connectivity index (χ1n) is 7.96. The first-order chi connectivity index (χ1) is 12.7. The number of rotatable bonds is 7. The summed E-state index contributed by atoms with van der Waals surface area (Å²) in [5.41, 5.74) is 6.31. The number of hydrogen-bond acceptors (Lipinski definition) is 7. The highest BCUT2D eigenvalue weighted by atomic mass is 32.1. The molecule has 0 saturated heterocycles. The molecule has 8 heteroatoms. The van der Waals surface area contributed by atoms with Gasteiger partial charge in [-0.15, -0.1) is 11.3 Å². The third kappa shape index (κ3) is 4.09. The van der Waals surface area contributed by atoms with Crippen LogP contribution in [0.5, 0.6) is 11.6 Å². The molecule has 2 aromatic heterocycles. The van der Waals surface area contributed by atoms with Crippen LogP contribution >= 0.6 is 11.3 Å². The van der Waals surface area contributed by atoms with Gasteiger partial charge in [0, 0.05) is 17.1 Å². The summed E-state index contributed by atoms with van der Waals surface area (Å²) in [6.07, 6.45) is 1.53. The van der Waals surface area contributed by atoms with Crippen molar-refractivity contribution < 1.29 is 14.3 Å². The summed E-state index contributed by atoms with van der Waals surface area (Å²) in [5, 5.41) is 0. The summed E-state index contributed by atoms with van der Waals surface area (Å²) >= 11 is 1.36. The molecule has 0 aliphatic rings. The Bertz CT molecular complexity index is 883. The molecule has 0 fully saturated rings. The van der Waals surface area contributed by atoms with Gasteiger partial charge in [0.2, 0.25) is 11.8 Å². The normalized spacial score (nSPS) is 10.2. The van der Waals surface area contributed by atoms with E-state index in [-0.39, 0.29) is 11.9 Å². The maximum atomic E-state index is 12.6. The molecule has 26 heavy (non-hydrogen) atoms. The maximum Gasteiger partial charge on any atom is 0.283 e. The average Bonchev–Trinajstić information content (AvgIpc) is 3.11. The van der Waals surface area contributed by atoms with E-state index >= 15 is 0 Å². The molecule has 3 rings (SSSR count). The summed E-state index contributed by atoms with van der Waals surface area (Å²) in [7, 11) is 1.51. The van der Waals surface area contributed by atoms with Gasteiger partial charge in [0.1, 0.15) is 10.6 Å². The lowest BCUT2D eigenvalue weighted by molar-refractivity contribution is 0.0963. The van der Waals surface area contributed by atoms with Gasteiger partial charge >= 0.3 is 0 Å². The van der Waals surface area contributed by atoms with E-state index in [1.807, 2.05) is 43.3 Å². The zero-order valence-corrected chi connectivity index (χ0v) is 15.2. The number of benzene rings is 1. The Balaban J connectivity index is 1.78. The van der Waals surface area contributed by atoms with Crippen molar-refractivity contribution in [2.45, 2.75) is 6.92 Å². The molecular weight excluding hydrogens is 352 g/mol. The summed E-state index contributed by atoms with van der Waals surface area (Å²) in [6, 6.07) is 13.3. The minimum atomic E-state index is -0.327. The third-order valence-corrected chi connectivity index (χ3v) is 4.55. The van der Waals surface area contributed by atoms with Gasteiger partial charge in [-0.25, -0.2) is 4.98 Å². The van der Waals surface area contributed by atoms with Crippen LogP contribution < -0.4 is 20.3 Å². The molecule has 0 saturated carbocycles. The molecule has 7 nitrogen and oxygen atoms in total. The molecule has 1 amide bonds. The van der Waals surface area contributed by atoms with Gasteiger partial charge in [-0.05, 0) is 18.6 Å². The van der Waals surface area contributed by atoms with Gasteiger partial charge < -0.3 is 9.47 Å². The molecule has 0 unspecified atom stereocenters. The number of carbonyl (C=O) groups excluding carboxylic acids is 1. The van der Waals surface area contributed by atoms with Crippen molar-refractivity contribution in [1.29, 1.82) is 0 Å². The highest BCUT2D eigenvalue weighted by Crippen LogP contribution is 2.36. The van der Waals surface area contributed by atoms with Crippen LogP contribution in [0.25, 0.3) is 10.4 Å². The predicted octanol–water partition coefficient (Wildman–Crippen LogP) is 3.37. The Kier molecular flexibility index (Phi) is 5.65. The van der Waals surface area contributed by atoms with E-state index in [0.717, 1.165) is 10.4 Å². The molecular formula is C18H18N4O3S. The van der Waals surface area contributed by atoms with Crippen molar-refractivity contribution in [1.82, 2.24) is 15.4 Å². The van der Waals surface area contributed by atoms with Crippen LogP contribution in [0.4, 0.5) is 5.95 Å². The van der Waals surface area contributed by atoms with E-state index in [1.54, 1.807) is 6.07 Å². The lowest BCUT2D eigenvalue weighted by Gasteiger charge is -2.08. The van der Waals surface area contributed by atoms with Gasteiger partial charge in [-0.3, -0.25) is 15.6 Å². The van der Waals surface area contributed by atoms with Crippen LogP contribution in [0.2, 0.25) is 0 Å². The van der Waals surface area contributed by atoms with Gasteiger partial charge in [0.25, 0.3) is 5.91 Å². The largest absolute Gasteiger partial charge is 0.492 e. The number of methoxy groups -OCH3 is 1. The first-order valence-corrected chi connectivity index (χ1v) is 8.78. The summed E-state index contributed by atoms with van der Waals surface area (Å²) in [4.78, 5) is 22.1. The highest BCUT2D eigenvalue weighted by Gasteiger charge is 2.18. The fourth-order valence-corrected chi connectivity index (χ4v) is 3.23. The number of carbonyl (C=O) groups is 1. The standard InChI is InChI=1S/C18H18N4O3S/c1-3-25-13-11-14(12-7-5-4-6-8-12)26-16(13)17(23)21-22-18-19-10-9-15(20-18)24-2/h4-11H,3H2,1-2H3,(H,21,23)(H,19,20,22). The molecule has 0 spiro atoms. The number of anilines is 1. The van der Waals surface area contributed by atoms with Crippen LogP contribution in [-0.4, -0.2) is 29.6 Å². The quantitative estimate of drug-likeness (QED) is 0.620. The molecule has 134 valence electrons. The predicted molar refractivity (Wildman–Crippen MR) is 101 cm³/mol. The van der Waals surface area contributed by atoms with Crippen LogP contribution in [0.15, 0.2) is 48.7 Å². The lowest BCUT2D eigenvalue weighted by Crippen LogP contribution is -2.30. The maximum absolute atomic E-state index is 12.6. The van der Waals surface area contributed by atoms with Crippen molar-refractivity contribution in [2.24, 2.45) is 0 Å². The minimum Gasteiger partial charge on any atom is -0.492 e. The number of nitrogens with one attached hydrogen (secondary N) is 2. The van der Waals surface area contributed by atoms with Crippen LogP contribution in [-0.2, 0) is 0 Å². The summed E-state index contributed by atoms with van der Waals surface area (Å²) < 4.78 is 10.6. The number of hydrogen-bond donors (Lipinski definition) is 2. The minimum absolute atomic E-state index is 0.232. The van der Waals surface area contributed by atoms with Crippen LogP contribution in [0.3, 0.4) is 0 Å². The van der Waals surface area contributed by atoms with Gasteiger partial charge in [0.15, 0.2) is 0 Å². The number of amides is 1. The zero-order valence-electron chi connectivity index (χ0n) is 14.4. The Labute approximate surface area is 155 Å². The molecule has 1 aromatic carbocycles. The molecule has 2 N–H and O–H groups in total. The number of nitrogens with zero attached hydrogens (tertiary/aromatic N) is 2. The van der Waals surface area contributed by atoms with E-state index in [4.69, 9.17) is 9.47 Å². The second kappa shape index (κ2) is 8.30. The molecule has 0 aliphatic heterocycles. The van der Waals surface area contributed by atoms with Gasteiger partial charge in [-0.1, -0.05) is 30.3 Å². The number of hydrazine groups is 1. The van der Waals surface area contributed by atoms with Gasteiger partial charge in [-0.2, -0.15) is 4.98 Å². The van der Waals surface area contributed by atoms with Gasteiger partial charge in [0.05, 0.1) is 13.7 Å². The second-order valence-corrected chi connectivity index (χ2v) is 6.16. The Morgan fingerprint density at radius 3 is 2.77 bits per heavy atom. The lowest BCUT2D eigenvalue weighted by atomic mass is 10.2. The van der Waals surface area contributed by atoms with E-state index in [2.05, 4.69) is 20.8 Å². The van der Waals surface area contributed by atoms with E-state index < -0.39 is 0 Å². The van der Waals surface area contributed by atoms with E-state index in [1.165, 1.54) is 24.6 Å². The SMILES string of the molecule is CCOc1cc(-c2ccccc2)sc1C(=O)NNc1nccc(OC)n1. The number of ether oxygens (including phenoxy) is 2. The Hall–Kier alpha value is -3.13. The smallest absolute Gasteiger partial charge is 0.283 e. The first kappa shape index (κ1) is 17.7. The number of thiophene rings is 1. The average molecular weight is 370 g/mol. The molecule has 0 radical (unpaired) electrons. The van der Waals surface area contributed by atoms with Crippen molar-refractivity contribution in [2.75, 3.05) is 19.1 Å². The molecule has 3 aromatic rings. The Morgan fingerprint density at radius 1 is 1.23 bits per heavy atom. The highest BCUT2D eigenvalue weighted by molar-refractivity contribution is 7.17. The van der Waals surface area contributed by atoms with Crippen molar-refractivity contribution in [3.05, 3.63) is 53.5 Å². The fourth-order valence-electron chi connectivity index (χ4n) is 2.23. The Morgan fingerprint density at radius 2 is 2.04 bits per heavy atom. The number of aromatic nitrogens is 2. The topological polar surface area (TPSA) is 85.4 Å². The molecule has 2 heterocycles. The molecule has 0 aliphatic carbocycles. The third-order valence-electron chi connectivity index (χ3n) is 3.39. The van der Waals surface area contributed by atoms with Crippen molar-refractivity contribution >= 4 is 23.2 Å². The molecule has 0 bridgehead atoms. The monoisotopic (exact) mass is 370 g/mol. The second-order valence-electron chi connectivity index (χ2n) is 5.10. The zero-order chi connectivity index (χ0) is 18.4. The van der Waals surface area contributed by atoms with Crippen molar-refractivity contribution in [3.8, 4) is 22.1 Å². The summed E-state index contributed by atoms with van der Waals surface area (Å²) in [6.45, 7) is 2.35. The van der Waals surface area contributed by atoms with Crippen molar-refractivity contribution in [3.63, 3.8) is 0 Å². The van der Waals surface area contributed by atoms with E-state index in [9.17, 15) is 4.79 Å². The van der Waals surface area contributed by atoms with Crippen LogP contribution in [0, 0.1) is 0 Å². The van der Waals surface area contributed by atoms with E-state index in [0.29, 0.717) is 23.1 Å². The fraction of sp³-hybridized carbons (Fsp3) is 0.167.